The number of aliphatic hydroxyl groups excluding tert-OH is 1. The molecule has 0 saturated heterocycles. The molecular formula is C34H44F2N4O3. The van der Waals surface area contributed by atoms with Crippen LogP contribution in [0.5, 0.6) is 0 Å². The number of hydrogen-bond acceptors (Lipinski definition) is 5. The number of amides is 2. The molecule has 0 fully saturated rings. The van der Waals surface area contributed by atoms with Crippen LogP contribution in [0.15, 0.2) is 60.7 Å². The van der Waals surface area contributed by atoms with Crippen molar-refractivity contribution in [1.29, 1.82) is 0 Å². The zero-order chi connectivity index (χ0) is 31.5. The molecule has 3 rings (SSSR count). The Morgan fingerprint density at radius 3 is 2.21 bits per heavy atom. The molecule has 0 aliphatic heterocycles. The second kappa shape index (κ2) is 16.3. The van der Waals surface area contributed by atoms with Gasteiger partial charge in [-0.1, -0.05) is 31.2 Å². The van der Waals surface area contributed by atoms with E-state index in [1.807, 2.05) is 45.0 Å². The molecule has 2 unspecified atom stereocenters. The van der Waals surface area contributed by atoms with Gasteiger partial charge < -0.3 is 25.5 Å². The topological polar surface area (TPSA) is 84.9 Å². The Morgan fingerprint density at radius 1 is 0.884 bits per heavy atom. The van der Waals surface area contributed by atoms with Crippen molar-refractivity contribution < 1.29 is 23.5 Å². The van der Waals surface area contributed by atoms with Crippen molar-refractivity contribution in [2.45, 2.75) is 52.3 Å². The SMILES string of the molecule is CCc1cccc(CNCC(O)C(Cc2cc(F)cc(F)c2)NC(=O)c2cc(C)cc(C(=O)N(CC)CCN(C)C)c2)c1. The van der Waals surface area contributed by atoms with Crippen LogP contribution in [0.25, 0.3) is 0 Å². The van der Waals surface area contributed by atoms with Gasteiger partial charge in [0.25, 0.3) is 11.8 Å². The molecule has 232 valence electrons. The van der Waals surface area contributed by atoms with Crippen molar-refractivity contribution in [2.75, 3.05) is 40.3 Å². The Morgan fingerprint density at radius 2 is 1.56 bits per heavy atom. The van der Waals surface area contributed by atoms with Gasteiger partial charge in [-0.05, 0) is 93.4 Å². The summed E-state index contributed by atoms with van der Waals surface area (Å²) in [6.07, 6.45) is -0.161. The molecule has 7 nitrogen and oxygen atoms in total. The Balaban J connectivity index is 1.79. The zero-order valence-electron chi connectivity index (χ0n) is 25.8. The zero-order valence-corrected chi connectivity index (χ0v) is 25.8. The van der Waals surface area contributed by atoms with Gasteiger partial charge in [-0.3, -0.25) is 9.59 Å². The van der Waals surface area contributed by atoms with Crippen LogP contribution in [0.4, 0.5) is 8.78 Å². The lowest BCUT2D eigenvalue weighted by atomic mass is 9.99. The summed E-state index contributed by atoms with van der Waals surface area (Å²) in [5, 5.41) is 17.2. The average molecular weight is 595 g/mol. The molecule has 0 heterocycles. The van der Waals surface area contributed by atoms with Gasteiger partial charge >= 0.3 is 0 Å². The number of nitrogens with zero attached hydrogens (tertiary/aromatic N) is 2. The Kier molecular flexibility index (Phi) is 12.8. The van der Waals surface area contributed by atoms with Gasteiger partial charge in [0.1, 0.15) is 11.6 Å². The minimum Gasteiger partial charge on any atom is -0.390 e. The predicted molar refractivity (Wildman–Crippen MR) is 166 cm³/mol. The molecule has 0 bridgehead atoms. The fourth-order valence-corrected chi connectivity index (χ4v) is 4.93. The van der Waals surface area contributed by atoms with E-state index in [1.54, 1.807) is 23.1 Å². The standard InChI is InChI=1S/C34H44F2N4O3/c1-6-24-9-8-10-25(15-24)21-37-22-32(41)31(18-26-16-29(35)20-30(36)17-26)38-33(42)27-13-23(3)14-28(19-27)34(43)40(7-2)12-11-39(4)5/h8-10,13-17,19-20,31-32,37,41H,6-7,11-12,18,21-22H2,1-5H3,(H,38,42). The number of rotatable bonds is 15. The monoisotopic (exact) mass is 594 g/mol. The minimum absolute atomic E-state index is 0.000335. The highest BCUT2D eigenvalue weighted by Gasteiger charge is 2.24. The molecule has 9 heteroatoms. The van der Waals surface area contributed by atoms with Gasteiger partial charge in [0.2, 0.25) is 0 Å². The third kappa shape index (κ3) is 10.5. The molecule has 43 heavy (non-hydrogen) atoms. The normalized spacial score (nSPS) is 12.7. The number of aliphatic hydroxyl groups is 1. The fraction of sp³-hybridized carbons (Fsp3) is 0.412. The van der Waals surface area contributed by atoms with Crippen LogP contribution >= 0.6 is 0 Å². The van der Waals surface area contributed by atoms with Crippen molar-refractivity contribution >= 4 is 11.8 Å². The van der Waals surface area contributed by atoms with Crippen LogP contribution in [0.2, 0.25) is 0 Å². The number of nitrogens with one attached hydrogen (secondary N) is 2. The van der Waals surface area contributed by atoms with E-state index in [1.165, 1.54) is 17.7 Å². The van der Waals surface area contributed by atoms with E-state index < -0.39 is 29.7 Å². The largest absolute Gasteiger partial charge is 0.390 e. The Labute approximate surface area is 253 Å². The molecule has 0 aromatic heterocycles. The molecule has 3 aromatic rings. The first-order valence-corrected chi connectivity index (χ1v) is 14.8. The number of hydrogen-bond donors (Lipinski definition) is 3. The van der Waals surface area contributed by atoms with Crippen LogP contribution in [0.3, 0.4) is 0 Å². The predicted octanol–water partition coefficient (Wildman–Crippen LogP) is 4.35. The van der Waals surface area contributed by atoms with E-state index >= 15 is 0 Å². The van der Waals surface area contributed by atoms with Crippen LogP contribution in [-0.4, -0.2) is 79.1 Å². The first-order chi connectivity index (χ1) is 20.5. The molecule has 0 spiro atoms. The number of aryl methyl sites for hydroxylation is 2. The molecule has 0 radical (unpaired) electrons. The van der Waals surface area contributed by atoms with Crippen molar-refractivity contribution in [1.82, 2.24) is 20.4 Å². The highest BCUT2D eigenvalue weighted by molar-refractivity contribution is 6.00. The molecular weight excluding hydrogens is 550 g/mol. The first kappa shape index (κ1) is 33.8. The van der Waals surface area contributed by atoms with Gasteiger partial charge in [0.15, 0.2) is 0 Å². The van der Waals surface area contributed by atoms with E-state index in [-0.39, 0.29) is 24.4 Å². The van der Waals surface area contributed by atoms with E-state index in [4.69, 9.17) is 0 Å². The Bertz CT molecular complexity index is 1360. The van der Waals surface area contributed by atoms with Crippen LogP contribution in [0, 0.1) is 18.6 Å². The maximum absolute atomic E-state index is 14.0. The number of benzene rings is 3. The van der Waals surface area contributed by atoms with Crippen LogP contribution < -0.4 is 10.6 Å². The minimum atomic E-state index is -1.07. The number of halogens is 2. The van der Waals surface area contributed by atoms with Gasteiger partial charge in [0, 0.05) is 49.9 Å². The van der Waals surface area contributed by atoms with Gasteiger partial charge in [-0.15, -0.1) is 0 Å². The van der Waals surface area contributed by atoms with Crippen LogP contribution in [-0.2, 0) is 19.4 Å². The number of carbonyl (C=O) groups is 2. The summed E-state index contributed by atoms with van der Waals surface area (Å²) in [4.78, 5) is 30.5. The summed E-state index contributed by atoms with van der Waals surface area (Å²) in [7, 11) is 3.88. The van der Waals surface area contributed by atoms with E-state index in [2.05, 4.69) is 29.7 Å². The smallest absolute Gasteiger partial charge is 0.253 e. The maximum Gasteiger partial charge on any atom is 0.253 e. The highest BCUT2D eigenvalue weighted by Crippen LogP contribution is 2.16. The average Bonchev–Trinajstić information content (AvgIpc) is 2.96. The third-order valence-electron chi connectivity index (χ3n) is 7.31. The number of carbonyl (C=O) groups excluding carboxylic acids is 2. The molecule has 0 saturated carbocycles. The van der Waals surface area contributed by atoms with Gasteiger partial charge in [-0.25, -0.2) is 8.78 Å². The summed E-state index contributed by atoms with van der Waals surface area (Å²) in [6, 6.07) is 15.4. The van der Waals surface area contributed by atoms with Crippen LogP contribution in [0.1, 0.15) is 56.8 Å². The Hall–Kier alpha value is -3.66. The second-order valence-corrected chi connectivity index (χ2v) is 11.2. The highest BCUT2D eigenvalue weighted by atomic mass is 19.1. The van der Waals surface area contributed by atoms with Crippen molar-refractivity contribution in [3.05, 3.63) is 106 Å². The molecule has 0 aliphatic carbocycles. The maximum atomic E-state index is 14.0. The molecule has 0 aliphatic rings. The molecule has 2 amide bonds. The van der Waals surface area contributed by atoms with E-state index in [0.29, 0.717) is 37.3 Å². The summed E-state index contributed by atoms with van der Waals surface area (Å²) in [6.45, 7) is 8.21. The molecule has 3 N–H and O–H groups in total. The quantitative estimate of drug-likeness (QED) is 0.244. The summed E-state index contributed by atoms with van der Waals surface area (Å²) in [5.74, 6) is -2.14. The van der Waals surface area contributed by atoms with E-state index in [0.717, 1.165) is 23.6 Å². The molecule has 3 aromatic carbocycles. The van der Waals surface area contributed by atoms with Gasteiger partial charge in [0.05, 0.1) is 12.1 Å². The summed E-state index contributed by atoms with van der Waals surface area (Å²) >= 11 is 0. The lowest BCUT2D eigenvalue weighted by Crippen LogP contribution is -2.48. The summed E-state index contributed by atoms with van der Waals surface area (Å²) < 4.78 is 28.0. The van der Waals surface area contributed by atoms with E-state index in [9.17, 15) is 23.5 Å². The van der Waals surface area contributed by atoms with Crippen molar-refractivity contribution in [3.8, 4) is 0 Å². The molecule has 2 atom stereocenters. The second-order valence-electron chi connectivity index (χ2n) is 11.2. The summed E-state index contributed by atoms with van der Waals surface area (Å²) in [5.41, 5.74) is 3.96. The lowest BCUT2D eigenvalue weighted by Gasteiger charge is -2.26. The number of likely N-dealkylation sites (N-methyl/N-ethyl adjacent to an activating group) is 2. The lowest BCUT2D eigenvalue weighted by molar-refractivity contribution is 0.0754. The van der Waals surface area contributed by atoms with Crippen molar-refractivity contribution in [3.63, 3.8) is 0 Å². The fourth-order valence-electron chi connectivity index (χ4n) is 4.93. The third-order valence-corrected chi connectivity index (χ3v) is 7.31. The van der Waals surface area contributed by atoms with Crippen molar-refractivity contribution in [2.24, 2.45) is 0 Å². The van der Waals surface area contributed by atoms with Gasteiger partial charge in [-0.2, -0.15) is 0 Å². The first-order valence-electron chi connectivity index (χ1n) is 14.8.